The number of carbonyl (C=O) groups excluding carboxylic acids is 1. The lowest BCUT2D eigenvalue weighted by molar-refractivity contribution is 0.0686. The van der Waals surface area contributed by atoms with Crippen LogP contribution < -0.4 is 5.32 Å². The Hall–Kier alpha value is -1.36. The Morgan fingerprint density at radius 3 is 2.57 bits per heavy atom. The molecule has 3 nitrogen and oxygen atoms in total. The van der Waals surface area contributed by atoms with Crippen molar-refractivity contribution in [1.82, 2.24) is 10.2 Å². The average Bonchev–Trinajstić information content (AvgIpc) is 3.22. The standard InChI is InChI=1S/C23H28N2OS.ClH/c1-23(2)13-14-10-20(27-21(14)18-6-4-5-7-19(18)23)22(26)25(3)17-11-15-8-9-16(12-17)24-15;/h4-7,10,15-17,24H,8-9,11-13H2,1-3H3;1H. The summed E-state index contributed by atoms with van der Waals surface area (Å²) in [6.07, 6.45) is 5.73. The van der Waals surface area contributed by atoms with Crippen molar-refractivity contribution in [3.63, 3.8) is 0 Å². The van der Waals surface area contributed by atoms with E-state index >= 15 is 0 Å². The fourth-order valence-corrected chi connectivity index (χ4v) is 6.62. The van der Waals surface area contributed by atoms with Gasteiger partial charge in [0.05, 0.1) is 4.88 Å². The molecule has 5 rings (SSSR count). The van der Waals surface area contributed by atoms with Crippen LogP contribution in [0.15, 0.2) is 30.3 Å². The Bertz CT molecular complexity index is 894. The summed E-state index contributed by atoms with van der Waals surface area (Å²) in [6.45, 7) is 4.62. The van der Waals surface area contributed by atoms with E-state index in [-0.39, 0.29) is 23.7 Å². The van der Waals surface area contributed by atoms with Crippen LogP contribution in [0.5, 0.6) is 0 Å². The summed E-state index contributed by atoms with van der Waals surface area (Å²) in [7, 11) is 2.01. The molecule has 1 aromatic heterocycles. The quantitative estimate of drug-likeness (QED) is 0.744. The molecule has 2 saturated heterocycles. The molecule has 1 amide bonds. The van der Waals surface area contributed by atoms with Gasteiger partial charge in [0.2, 0.25) is 0 Å². The third-order valence-electron chi connectivity index (χ3n) is 6.87. The minimum Gasteiger partial charge on any atom is -0.338 e. The Morgan fingerprint density at radius 2 is 1.86 bits per heavy atom. The summed E-state index contributed by atoms with van der Waals surface area (Å²) in [6, 6.07) is 12.5. The minimum absolute atomic E-state index is 0. The number of amides is 1. The smallest absolute Gasteiger partial charge is 0.263 e. The predicted octanol–water partition coefficient (Wildman–Crippen LogP) is 5.03. The Labute approximate surface area is 177 Å². The Balaban J connectivity index is 0.00000192. The topological polar surface area (TPSA) is 32.3 Å². The molecule has 0 saturated carbocycles. The van der Waals surface area contributed by atoms with E-state index in [1.165, 1.54) is 34.4 Å². The molecule has 3 heterocycles. The second kappa shape index (κ2) is 7.16. The number of hydrogen-bond acceptors (Lipinski definition) is 3. The molecule has 1 aliphatic carbocycles. The van der Waals surface area contributed by atoms with Crippen molar-refractivity contribution in [2.24, 2.45) is 0 Å². The van der Waals surface area contributed by atoms with Gasteiger partial charge in [-0.05, 0) is 60.3 Å². The molecule has 2 aliphatic heterocycles. The normalized spacial score (nSPS) is 26.8. The van der Waals surface area contributed by atoms with Crippen molar-refractivity contribution in [2.45, 2.75) is 69.5 Å². The zero-order valence-electron chi connectivity index (χ0n) is 16.8. The van der Waals surface area contributed by atoms with Crippen LogP contribution in [0.4, 0.5) is 0 Å². The molecular weight excluding hydrogens is 388 g/mol. The monoisotopic (exact) mass is 416 g/mol. The van der Waals surface area contributed by atoms with Gasteiger partial charge in [0.25, 0.3) is 5.91 Å². The van der Waals surface area contributed by atoms with E-state index in [4.69, 9.17) is 0 Å². The van der Waals surface area contributed by atoms with E-state index in [9.17, 15) is 4.79 Å². The highest BCUT2D eigenvalue weighted by molar-refractivity contribution is 7.17. The second-order valence-corrected chi connectivity index (χ2v) is 10.3. The number of rotatable bonds is 2. The van der Waals surface area contributed by atoms with Gasteiger partial charge in [-0.1, -0.05) is 38.1 Å². The van der Waals surface area contributed by atoms with Gasteiger partial charge in [-0.15, -0.1) is 23.7 Å². The first-order valence-electron chi connectivity index (χ1n) is 10.2. The lowest BCUT2D eigenvalue weighted by Gasteiger charge is -2.35. The number of piperidine rings is 1. The van der Waals surface area contributed by atoms with Gasteiger partial charge >= 0.3 is 0 Å². The third kappa shape index (κ3) is 3.20. The van der Waals surface area contributed by atoms with Gasteiger partial charge < -0.3 is 10.2 Å². The zero-order chi connectivity index (χ0) is 18.8. The van der Waals surface area contributed by atoms with Crippen molar-refractivity contribution in [1.29, 1.82) is 0 Å². The van der Waals surface area contributed by atoms with Gasteiger partial charge in [-0.2, -0.15) is 0 Å². The van der Waals surface area contributed by atoms with Gasteiger partial charge in [0.15, 0.2) is 0 Å². The Kier molecular flexibility index (Phi) is 5.09. The predicted molar refractivity (Wildman–Crippen MR) is 119 cm³/mol. The zero-order valence-corrected chi connectivity index (χ0v) is 18.5. The molecule has 3 aliphatic rings. The maximum Gasteiger partial charge on any atom is 0.263 e. The first-order chi connectivity index (χ1) is 12.9. The highest BCUT2D eigenvalue weighted by Crippen LogP contribution is 2.46. The molecule has 2 aromatic rings. The number of hydrogen-bond donors (Lipinski definition) is 1. The lowest BCUT2D eigenvalue weighted by atomic mass is 9.73. The molecule has 0 spiro atoms. The van der Waals surface area contributed by atoms with Crippen molar-refractivity contribution in [3.05, 3.63) is 46.3 Å². The van der Waals surface area contributed by atoms with Crippen LogP contribution >= 0.6 is 23.7 Å². The number of carbonyl (C=O) groups is 1. The highest BCUT2D eigenvalue weighted by Gasteiger charge is 2.38. The second-order valence-electron chi connectivity index (χ2n) is 9.25. The Morgan fingerprint density at radius 1 is 1.18 bits per heavy atom. The van der Waals surface area contributed by atoms with Gasteiger partial charge in [0, 0.05) is 30.1 Å². The summed E-state index contributed by atoms with van der Waals surface area (Å²) in [4.78, 5) is 17.5. The maximum absolute atomic E-state index is 13.3. The fourth-order valence-electron chi connectivity index (χ4n) is 5.42. The third-order valence-corrected chi connectivity index (χ3v) is 8.07. The molecule has 0 radical (unpaired) electrons. The summed E-state index contributed by atoms with van der Waals surface area (Å²) in [5, 5.41) is 3.68. The molecule has 2 atom stereocenters. The van der Waals surface area contributed by atoms with Gasteiger partial charge in [-0.3, -0.25) is 4.79 Å². The number of nitrogens with one attached hydrogen (secondary N) is 1. The van der Waals surface area contributed by atoms with Crippen LogP contribution in [0.25, 0.3) is 10.4 Å². The molecule has 2 unspecified atom stereocenters. The van der Waals surface area contributed by atoms with Gasteiger partial charge in [0.1, 0.15) is 0 Å². The van der Waals surface area contributed by atoms with Gasteiger partial charge in [-0.25, -0.2) is 0 Å². The van der Waals surface area contributed by atoms with Crippen LogP contribution in [0.3, 0.4) is 0 Å². The molecule has 28 heavy (non-hydrogen) atoms. The summed E-state index contributed by atoms with van der Waals surface area (Å²) < 4.78 is 0. The lowest BCUT2D eigenvalue weighted by Crippen LogP contribution is -2.48. The number of thiophene rings is 1. The molecule has 2 fully saturated rings. The minimum atomic E-state index is 0. The van der Waals surface area contributed by atoms with Crippen molar-refractivity contribution in [3.8, 4) is 10.4 Å². The van der Waals surface area contributed by atoms with E-state index in [2.05, 4.69) is 49.5 Å². The number of nitrogens with zero attached hydrogens (tertiary/aromatic N) is 1. The first-order valence-corrected chi connectivity index (χ1v) is 11.0. The number of benzene rings is 1. The molecule has 5 heteroatoms. The molecule has 1 aromatic carbocycles. The summed E-state index contributed by atoms with van der Waals surface area (Å²) >= 11 is 1.69. The van der Waals surface area contributed by atoms with E-state index in [0.717, 1.165) is 24.1 Å². The van der Waals surface area contributed by atoms with Crippen LogP contribution in [0.2, 0.25) is 0 Å². The molecular formula is C23H29ClN2OS. The van der Waals surface area contributed by atoms with Crippen molar-refractivity contribution in [2.75, 3.05) is 7.05 Å². The summed E-state index contributed by atoms with van der Waals surface area (Å²) in [5.41, 5.74) is 4.17. The maximum atomic E-state index is 13.3. The van der Waals surface area contributed by atoms with E-state index < -0.39 is 0 Å². The van der Waals surface area contributed by atoms with Crippen molar-refractivity contribution >= 4 is 29.7 Å². The highest BCUT2D eigenvalue weighted by atomic mass is 35.5. The van der Waals surface area contributed by atoms with E-state index in [1.54, 1.807) is 11.3 Å². The first kappa shape index (κ1) is 19.9. The molecule has 150 valence electrons. The van der Waals surface area contributed by atoms with E-state index in [1.807, 2.05) is 11.9 Å². The van der Waals surface area contributed by atoms with Crippen LogP contribution in [0, 0.1) is 0 Å². The van der Waals surface area contributed by atoms with Crippen molar-refractivity contribution < 1.29 is 4.79 Å². The molecule has 1 N–H and O–H groups in total. The number of fused-ring (bicyclic) bond motifs is 5. The SMILES string of the molecule is CN(C(=O)c1cc2c(s1)-c1ccccc1C(C)(C)C2)C1CC2CCC(C1)N2.Cl. The average molecular weight is 417 g/mol. The van der Waals surface area contributed by atoms with Crippen LogP contribution in [-0.2, 0) is 11.8 Å². The van der Waals surface area contributed by atoms with Crippen LogP contribution in [-0.4, -0.2) is 36.0 Å². The van der Waals surface area contributed by atoms with E-state index in [0.29, 0.717) is 18.1 Å². The fraction of sp³-hybridized carbons (Fsp3) is 0.522. The largest absolute Gasteiger partial charge is 0.338 e. The van der Waals surface area contributed by atoms with Crippen LogP contribution in [0.1, 0.15) is 60.3 Å². The molecule has 2 bridgehead atoms. The number of halogens is 1. The summed E-state index contributed by atoms with van der Waals surface area (Å²) in [5.74, 6) is 0.205.